The van der Waals surface area contributed by atoms with Gasteiger partial charge in [-0.05, 0) is 50.1 Å². The van der Waals surface area contributed by atoms with E-state index in [1.54, 1.807) is 7.11 Å². The van der Waals surface area contributed by atoms with Crippen LogP contribution in [-0.2, 0) is 0 Å². The summed E-state index contributed by atoms with van der Waals surface area (Å²) in [5.74, 6) is 2.48. The Balaban J connectivity index is 2.24. The third-order valence-electron chi connectivity index (χ3n) is 2.73. The van der Waals surface area contributed by atoms with E-state index in [1.807, 2.05) is 24.3 Å². The molecular formula is C15H25NO2. The van der Waals surface area contributed by atoms with Gasteiger partial charge in [-0.15, -0.1) is 0 Å². The molecule has 1 atom stereocenters. The van der Waals surface area contributed by atoms with E-state index in [0.29, 0.717) is 0 Å². The zero-order valence-corrected chi connectivity index (χ0v) is 11.9. The molecule has 0 saturated carbocycles. The Bertz CT molecular complexity index is 322. The van der Waals surface area contributed by atoms with Crippen LogP contribution in [0.1, 0.15) is 27.2 Å². The SMILES string of the molecule is COc1ccc(OC(C)CNCCC(C)C)cc1. The Morgan fingerprint density at radius 3 is 2.22 bits per heavy atom. The van der Waals surface area contributed by atoms with Gasteiger partial charge in [0, 0.05) is 6.54 Å². The highest BCUT2D eigenvalue weighted by Gasteiger charge is 2.04. The van der Waals surface area contributed by atoms with Gasteiger partial charge in [0.15, 0.2) is 0 Å². The molecule has 1 unspecified atom stereocenters. The Morgan fingerprint density at radius 2 is 1.67 bits per heavy atom. The summed E-state index contributed by atoms with van der Waals surface area (Å²) < 4.78 is 10.9. The maximum Gasteiger partial charge on any atom is 0.120 e. The second kappa shape index (κ2) is 7.98. The van der Waals surface area contributed by atoms with Crippen LogP contribution in [0.15, 0.2) is 24.3 Å². The molecular weight excluding hydrogens is 226 g/mol. The first-order valence-electron chi connectivity index (χ1n) is 6.63. The number of hydrogen-bond acceptors (Lipinski definition) is 3. The van der Waals surface area contributed by atoms with Crippen molar-refractivity contribution >= 4 is 0 Å². The highest BCUT2D eigenvalue weighted by atomic mass is 16.5. The molecule has 18 heavy (non-hydrogen) atoms. The second-order valence-electron chi connectivity index (χ2n) is 4.99. The summed E-state index contributed by atoms with van der Waals surface area (Å²) in [4.78, 5) is 0. The first-order valence-corrected chi connectivity index (χ1v) is 6.63. The van der Waals surface area contributed by atoms with Crippen LogP contribution in [0.4, 0.5) is 0 Å². The summed E-state index contributed by atoms with van der Waals surface area (Å²) in [5.41, 5.74) is 0. The number of hydrogen-bond donors (Lipinski definition) is 1. The molecule has 0 aromatic heterocycles. The lowest BCUT2D eigenvalue weighted by molar-refractivity contribution is 0.216. The van der Waals surface area contributed by atoms with E-state index in [0.717, 1.165) is 30.5 Å². The van der Waals surface area contributed by atoms with Crippen molar-refractivity contribution in [2.75, 3.05) is 20.2 Å². The van der Waals surface area contributed by atoms with Crippen molar-refractivity contribution in [3.63, 3.8) is 0 Å². The van der Waals surface area contributed by atoms with Crippen LogP contribution in [0, 0.1) is 5.92 Å². The Kier molecular flexibility index (Phi) is 6.58. The molecule has 0 aliphatic rings. The van der Waals surface area contributed by atoms with Crippen LogP contribution in [0.2, 0.25) is 0 Å². The molecule has 3 heteroatoms. The number of benzene rings is 1. The van der Waals surface area contributed by atoms with Crippen LogP contribution in [0.5, 0.6) is 11.5 Å². The van der Waals surface area contributed by atoms with Gasteiger partial charge in [-0.25, -0.2) is 0 Å². The average molecular weight is 251 g/mol. The van der Waals surface area contributed by atoms with Crippen LogP contribution in [-0.4, -0.2) is 26.3 Å². The van der Waals surface area contributed by atoms with Crippen molar-refractivity contribution in [2.24, 2.45) is 5.92 Å². The summed E-state index contributed by atoms with van der Waals surface area (Å²) in [7, 11) is 1.66. The fraction of sp³-hybridized carbons (Fsp3) is 0.600. The lowest BCUT2D eigenvalue weighted by Crippen LogP contribution is -2.30. The van der Waals surface area contributed by atoms with Gasteiger partial charge < -0.3 is 14.8 Å². The lowest BCUT2D eigenvalue weighted by atomic mass is 10.1. The summed E-state index contributed by atoms with van der Waals surface area (Å²) >= 11 is 0. The van der Waals surface area contributed by atoms with E-state index in [2.05, 4.69) is 26.1 Å². The van der Waals surface area contributed by atoms with Gasteiger partial charge in [-0.1, -0.05) is 13.8 Å². The molecule has 0 aliphatic carbocycles. The van der Waals surface area contributed by atoms with Gasteiger partial charge in [0.05, 0.1) is 7.11 Å². The number of nitrogens with one attached hydrogen (secondary N) is 1. The van der Waals surface area contributed by atoms with Crippen LogP contribution in [0.25, 0.3) is 0 Å². The second-order valence-corrected chi connectivity index (χ2v) is 4.99. The van der Waals surface area contributed by atoms with Crippen molar-refractivity contribution in [2.45, 2.75) is 33.3 Å². The Labute approximate surface area is 110 Å². The van der Waals surface area contributed by atoms with E-state index in [4.69, 9.17) is 9.47 Å². The highest BCUT2D eigenvalue weighted by Crippen LogP contribution is 2.17. The summed E-state index contributed by atoms with van der Waals surface area (Å²) in [6.07, 6.45) is 1.38. The van der Waals surface area contributed by atoms with Gasteiger partial charge in [0.1, 0.15) is 17.6 Å². The van der Waals surface area contributed by atoms with Gasteiger partial charge in [-0.2, -0.15) is 0 Å². The minimum Gasteiger partial charge on any atom is -0.497 e. The van der Waals surface area contributed by atoms with Crippen LogP contribution in [0.3, 0.4) is 0 Å². The molecule has 1 aromatic carbocycles. The molecule has 3 nitrogen and oxygen atoms in total. The zero-order valence-electron chi connectivity index (χ0n) is 11.9. The quantitative estimate of drug-likeness (QED) is 0.720. The highest BCUT2D eigenvalue weighted by molar-refractivity contribution is 5.31. The molecule has 0 fully saturated rings. The first-order chi connectivity index (χ1) is 8.61. The molecule has 1 N–H and O–H groups in total. The van der Waals surface area contributed by atoms with Crippen LogP contribution >= 0.6 is 0 Å². The maximum absolute atomic E-state index is 5.80. The molecule has 0 amide bonds. The summed E-state index contributed by atoms with van der Waals surface area (Å²) in [6, 6.07) is 7.69. The van der Waals surface area contributed by atoms with Gasteiger partial charge >= 0.3 is 0 Å². The molecule has 0 radical (unpaired) electrons. The predicted molar refractivity (Wildman–Crippen MR) is 75.4 cm³/mol. The Morgan fingerprint density at radius 1 is 1.06 bits per heavy atom. The van der Waals surface area contributed by atoms with Crippen molar-refractivity contribution in [1.82, 2.24) is 5.32 Å². The van der Waals surface area contributed by atoms with Gasteiger partial charge in [0.2, 0.25) is 0 Å². The zero-order chi connectivity index (χ0) is 13.4. The number of ether oxygens (including phenoxy) is 2. The minimum absolute atomic E-state index is 0.172. The van der Waals surface area contributed by atoms with E-state index in [9.17, 15) is 0 Å². The van der Waals surface area contributed by atoms with Crippen LogP contribution < -0.4 is 14.8 Å². The number of rotatable bonds is 8. The monoisotopic (exact) mass is 251 g/mol. The fourth-order valence-corrected chi connectivity index (χ4v) is 1.62. The molecule has 0 saturated heterocycles. The summed E-state index contributed by atoms with van der Waals surface area (Å²) in [6.45, 7) is 8.47. The van der Waals surface area contributed by atoms with Crippen molar-refractivity contribution < 1.29 is 9.47 Å². The third-order valence-corrected chi connectivity index (χ3v) is 2.73. The minimum atomic E-state index is 0.172. The largest absolute Gasteiger partial charge is 0.497 e. The van der Waals surface area contributed by atoms with Crippen molar-refractivity contribution in [1.29, 1.82) is 0 Å². The van der Waals surface area contributed by atoms with E-state index < -0.39 is 0 Å². The topological polar surface area (TPSA) is 30.5 Å². The lowest BCUT2D eigenvalue weighted by Gasteiger charge is -2.16. The summed E-state index contributed by atoms with van der Waals surface area (Å²) in [5, 5.41) is 3.41. The standard InChI is InChI=1S/C15H25NO2/c1-12(2)9-10-16-11-13(3)18-15-7-5-14(17-4)6-8-15/h5-8,12-13,16H,9-11H2,1-4H3. The number of methoxy groups -OCH3 is 1. The van der Waals surface area contributed by atoms with E-state index in [1.165, 1.54) is 6.42 Å². The molecule has 1 aromatic rings. The molecule has 102 valence electrons. The first kappa shape index (κ1) is 14.8. The van der Waals surface area contributed by atoms with E-state index in [-0.39, 0.29) is 6.10 Å². The molecule has 0 heterocycles. The molecule has 0 aliphatic heterocycles. The fourth-order valence-electron chi connectivity index (χ4n) is 1.62. The maximum atomic E-state index is 5.80. The predicted octanol–water partition coefficient (Wildman–Crippen LogP) is 3.10. The van der Waals surface area contributed by atoms with Gasteiger partial charge in [0.25, 0.3) is 0 Å². The average Bonchev–Trinajstić information content (AvgIpc) is 2.35. The molecule has 1 rings (SSSR count). The smallest absolute Gasteiger partial charge is 0.120 e. The molecule has 0 bridgehead atoms. The van der Waals surface area contributed by atoms with E-state index >= 15 is 0 Å². The van der Waals surface area contributed by atoms with Gasteiger partial charge in [-0.3, -0.25) is 0 Å². The third kappa shape index (κ3) is 5.92. The Hall–Kier alpha value is -1.22. The van der Waals surface area contributed by atoms with Crippen molar-refractivity contribution in [3.8, 4) is 11.5 Å². The normalized spacial score (nSPS) is 12.5. The van der Waals surface area contributed by atoms with Crippen molar-refractivity contribution in [3.05, 3.63) is 24.3 Å². The molecule has 0 spiro atoms.